The molecule has 1 aromatic heterocycles. The van der Waals surface area contributed by atoms with Gasteiger partial charge in [0.2, 0.25) is 0 Å². The van der Waals surface area contributed by atoms with Gasteiger partial charge in [0, 0.05) is 6.07 Å². The van der Waals surface area contributed by atoms with Gasteiger partial charge in [-0.2, -0.15) is 0 Å². The van der Waals surface area contributed by atoms with Crippen LogP contribution in [0, 0.1) is 5.82 Å². The molecule has 2 nitrogen and oxygen atoms in total. The Bertz CT molecular complexity index is 811. The standard InChI is InChI=1S/C16H13Cl2FN2/c1-2-10-5-3-4-6-14(10)21-15-8-12(19)11(18)7-13(15)20-16(21)9-17/h3-8H,2,9H2,1H3. The lowest BCUT2D eigenvalue weighted by atomic mass is 10.1. The predicted molar refractivity (Wildman–Crippen MR) is 85.0 cm³/mol. The monoisotopic (exact) mass is 322 g/mol. The Labute approximate surface area is 132 Å². The SMILES string of the molecule is CCc1ccccc1-n1c(CCl)nc2cc(Cl)c(F)cc21. The first kappa shape index (κ1) is 14.4. The Hall–Kier alpha value is -1.58. The number of nitrogens with zero attached hydrogens (tertiary/aromatic N) is 2. The van der Waals surface area contributed by atoms with Gasteiger partial charge in [0.25, 0.3) is 0 Å². The smallest absolute Gasteiger partial charge is 0.144 e. The summed E-state index contributed by atoms with van der Waals surface area (Å²) in [6, 6.07) is 10.9. The highest BCUT2D eigenvalue weighted by Crippen LogP contribution is 2.28. The predicted octanol–water partition coefficient (Wildman–Crippen LogP) is 5.12. The number of alkyl halides is 1. The number of fused-ring (bicyclic) bond motifs is 1. The first-order valence-electron chi connectivity index (χ1n) is 6.66. The number of imidazole rings is 1. The van der Waals surface area contributed by atoms with Crippen molar-refractivity contribution >= 4 is 34.2 Å². The van der Waals surface area contributed by atoms with Crippen LogP contribution >= 0.6 is 23.2 Å². The number of aromatic nitrogens is 2. The Morgan fingerprint density at radius 2 is 2.00 bits per heavy atom. The van der Waals surface area contributed by atoms with Crippen molar-refractivity contribution in [2.24, 2.45) is 0 Å². The van der Waals surface area contributed by atoms with Crippen LogP contribution in [-0.4, -0.2) is 9.55 Å². The van der Waals surface area contributed by atoms with Crippen molar-refractivity contribution in [2.75, 3.05) is 0 Å². The molecule has 0 spiro atoms. The lowest BCUT2D eigenvalue weighted by Gasteiger charge is -2.12. The normalized spacial score (nSPS) is 11.2. The summed E-state index contributed by atoms with van der Waals surface area (Å²) in [6.45, 7) is 2.08. The molecule has 0 saturated carbocycles. The van der Waals surface area contributed by atoms with E-state index >= 15 is 0 Å². The van der Waals surface area contributed by atoms with Gasteiger partial charge in [-0.3, -0.25) is 4.57 Å². The van der Waals surface area contributed by atoms with Crippen LogP contribution in [0.1, 0.15) is 18.3 Å². The zero-order chi connectivity index (χ0) is 15.0. The summed E-state index contributed by atoms with van der Waals surface area (Å²) in [5.74, 6) is 0.459. The third kappa shape index (κ3) is 2.41. The van der Waals surface area contributed by atoms with Gasteiger partial charge >= 0.3 is 0 Å². The third-order valence-electron chi connectivity index (χ3n) is 3.50. The first-order chi connectivity index (χ1) is 10.2. The van der Waals surface area contributed by atoms with E-state index in [0.717, 1.165) is 17.7 Å². The van der Waals surface area contributed by atoms with E-state index < -0.39 is 5.82 Å². The molecule has 5 heteroatoms. The summed E-state index contributed by atoms with van der Waals surface area (Å²) in [4.78, 5) is 4.46. The van der Waals surface area contributed by atoms with Crippen molar-refractivity contribution < 1.29 is 4.39 Å². The molecule has 108 valence electrons. The zero-order valence-corrected chi connectivity index (χ0v) is 12.9. The molecule has 0 bridgehead atoms. The van der Waals surface area contributed by atoms with Crippen molar-refractivity contribution in [3.8, 4) is 5.69 Å². The minimum Gasteiger partial charge on any atom is -0.295 e. The molecule has 0 amide bonds. The van der Waals surface area contributed by atoms with Crippen LogP contribution in [0.2, 0.25) is 5.02 Å². The van der Waals surface area contributed by atoms with Crippen LogP contribution in [0.5, 0.6) is 0 Å². The molecule has 0 aliphatic carbocycles. The molecular weight excluding hydrogens is 310 g/mol. The van der Waals surface area contributed by atoms with Gasteiger partial charge in [-0.05, 0) is 24.1 Å². The lowest BCUT2D eigenvalue weighted by Crippen LogP contribution is -2.03. The number of hydrogen-bond acceptors (Lipinski definition) is 1. The Kier molecular flexibility index (Phi) is 3.87. The van der Waals surface area contributed by atoms with Gasteiger partial charge in [-0.15, -0.1) is 11.6 Å². The van der Waals surface area contributed by atoms with Gasteiger partial charge in [-0.25, -0.2) is 9.37 Å². The average molecular weight is 323 g/mol. The summed E-state index contributed by atoms with van der Waals surface area (Å²) in [7, 11) is 0. The number of hydrogen-bond donors (Lipinski definition) is 0. The number of aryl methyl sites for hydroxylation is 1. The van der Waals surface area contributed by atoms with Crippen molar-refractivity contribution in [3.63, 3.8) is 0 Å². The maximum absolute atomic E-state index is 13.8. The van der Waals surface area contributed by atoms with E-state index in [2.05, 4.69) is 11.9 Å². The molecule has 0 fully saturated rings. The molecule has 0 atom stereocenters. The van der Waals surface area contributed by atoms with E-state index in [9.17, 15) is 4.39 Å². The van der Waals surface area contributed by atoms with Gasteiger partial charge < -0.3 is 0 Å². The van der Waals surface area contributed by atoms with Crippen molar-refractivity contribution in [1.29, 1.82) is 0 Å². The van der Waals surface area contributed by atoms with E-state index in [-0.39, 0.29) is 10.9 Å². The third-order valence-corrected chi connectivity index (χ3v) is 4.03. The quantitative estimate of drug-likeness (QED) is 0.612. The molecule has 0 aliphatic heterocycles. The Morgan fingerprint density at radius 3 is 2.71 bits per heavy atom. The summed E-state index contributed by atoms with van der Waals surface area (Å²) in [5.41, 5.74) is 3.44. The first-order valence-corrected chi connectivity index (χ1v) is 7.57. The van der Waals surface area contributed by atoms with Crippen LogP contribution in [0.15, 0.2) is 36.4 Å². The summed E-state index contributed by atoms with van der Waals surface area (Å²) in [6.07, 6.45) is 0.869. The fourth-order valence-electron chi connectivity index (χ4n) is 2.51. The van der Waals surface area contributed by atoms with Crippen molar-refractivity contribution in [1.82, 2.24) is 9.55 Å². The summed E-state index contributed by atoms with van der Waals surface area (Å²) < 4.78 is 15.7. The summed E-state index contributed by atoms with van der Waals surface area (Å²) >= 11 is 11.9. The minimum atomic E-state index is -0.458. The van der Waals surface area contributed by atoms with E-state index in [0.29, 0.717) is 16.9 Å². The molecule has 3 aromatic rings. The molecule has 21 heavy (non-hydrogen) atoms. The number of rotatable bonds is 3. The second-order valence-electron chi connectivity index (χ2n) is 4.73. The molecule has 0 saturated heterocycles. The number of halogens is 3. The van der Waals surface area contributed by atoms with Crippen molar-refractivity contribution in [3.05, 3.63) is 58.6 Å². The zero-order valence-electron chi connectivity index (χ0n) is 11.4. The number of benzene rings is 2. The van der Waals surface area contributed by atoms with Crippen molar-refractivity contribution in [2.45, 2.75) is 19.2 Å². The molecule has 1 heterocycles. The van der Waals surface area contributed by atoms with Crippen LogP contribution in [0.25, 0.3) is 16.7 Å². The van der Waals surface area contributed by atoms with Crippen LogP contribution in [-0.2, 0) is 12.3 Å². The second-order valence-corrected chi connectivity index (χ2v) is 5.41. The maximum Gasteiger partial charge on any atom is 0.144 e. The number of para-hydroxylation sites is 1. The Balaban J connectivity index is 2.37. The van der Waals surface area contributed by atoms with E-state index in [4.69, 9.17) is 23.2 Å². The maximum atomic E-state index is 13.8. The fourth-order valence-corrected chi connectivity index (χ4v) is 2.85. The molecule has 0 unspecified atom stereocenters. The molecular formula is C16H13Cl2FN2. The van der Waals surface area contributed by atoms with Crippen LogP contribution < -0.4 is 0 Å². The average Bonchev–Trinajstić information content (AvgIpc) is 2.85. The second kappa shape index (κ2) is 5.66. The lowest BCUT2D eigenvalue weighted by molar-refractivity contribution is 0.629. The highest BCUT2D eigenvalue weighted by Gasteiger charge is 2.16. The highest BCUT2D eigenvalue weighted by atomic mass is 35.5. The highest BCUT2D eigenvalue weighted by molar-refractivity contribution is 6.31. The Morgan fingerprint density at radius 1 is 1.24 bits per heavy atom. The molecule has 0 aliphatic rings. The summed E-state index contributed by atoms with van der Waals surface area (Å²) in [5, 5.41) is 0.0667. The fraction of sp³-hybridized carbons (Fsp3) is 0.188. The molecule has 2 aromatic carbocycles. The molecule has 0 N–H and O–H groups in total. The van der Waals surface area contributed by atoms with Gasteiger partial charge in [0.15, 0.2) is 0 Å². The molecule has 3 rings (SSSR count). The van der Waals surface area contributed by atoms with Gasteiger partial charge in [-0.1, -0.05) is 36.7 Å². The van der Waals surface area contributed by atoms with E-state index in [1.807, 2.05) is 28.8 Å². The van der Waals surface area contributed by atoms with Crippen LogP contribution in [0.4, 0.5) is 4.39 Å². The van der Waals surface area contributed by atoms with Crippen LogP contribution in [0.3, 0.4) is 0 Å². The topological polar surface area (TPSA) is 17.8 Å². The largest absolute Gasteiger partial charge is 0.295 e. The van der Waals surface area contributed by atoms with E-state index in [1.165, 1.54) is 12.1 Å². The van der Waals surface area contributed by atoms with Gasteiger partial charge in [0.05, 0.1) is 27.6 Å². The minimum absolute atomic E-state index is 0.0667. The molecule has 0 radical (unpaired) electrons. The van der Waals surface area contributed by atoms with Gasteiger partial charge in [0.1, 0.15) is 11.6 Å². The van der Waals surface area contributed by atoms with E-state index in [1.54, 1.807) is 0 Å².